The van der Waals surface area contributed by atoms with E-state index in [2.05, 4.69) is 10.3 Å². The van der Waals surface area contributed by atoms with Crippen molar-refractivity contribution in [3.05, 3.63) is 34.8 Å². The summed E-state index contributed by atoms with van der Waals surface area (Å²) in [6, 6.07) is 5.96. The predicted octanol–water partition coefficient (Wildman–Crippen LogP) is 3.55. The van der Waals surface area contributed by atoms with Crippen LogP contribution in [0.3, 0.4) is 0 Å². The molecule has 1 aromatic carbocycles. The lowest BCUT2D eigenvalue weighted by molar-refractivity contribution is 1.34. The highest BCUT2D eigenvalue weighted by Gasteiger charge is 2.11. The van der Waals surface area contributed by atoms with Gasteiger partial charge < -0.3 is 11.1 Å². The third-order valence-corrected chi connectivity index (χ3v) is 4.17. The Morgan fingerprint density at radius 1 is 1.50 bits per heavy atom. The second-order valence-electron chi connectivity index (χ2n) is 3.65. The van der Waals surface area contributed by atoms with E-state index in [4.69, 9.17) is 18.0 Å². The van der Waals surface area contributed by atoms with Crippen LogP contribution in [0, 0.1) is 6.92 Å². The standard InChI is InChI=1S/C12H13N3S3/c1-7-6-14-12(18-7)15-8-4-3-5-9(17-2)10(8)11(13)16/h3-6H,1-2H3,(H2,13,16)(H,14,15). The molecule has 0 aliphatic carbocycles. The Morgan fingerprint density at radius 3 is 2.83 bits per heavy atom. The van der Waals surface area contributed by atoms with Gasteiger partial charge in [-0.3, -0.25) is 0 Å². The normalized spacial score (nSPS) is 10.3. The molecule has 3 N–H and O–H groups in total. The summed E-state index contributed by atoms with van der Waals surface area (Å²) in [6.45, 7) is 2.02. The monoisotopic (exact) mass is 295 g/mol. The Bertz CT molecular complexity index is 578. The van der Waals surface area contributed by atoms with Crippen LogP contribution in [0.1, 0.15) is 10.4 Å². The van der Waals surface area contributed by atoms with Crippen LogP contribution in [0.25, 0.3) is 0 Å². The van der Waals surface area contributed by atoms with E-state index in [-0.39, 0.29) is 0 Å². The summed E-state index contributed by atoms with van der Waals surface area (Å²) in [4.78, 5) is 6.91. The molecular formula is C12H13N3S3. The highest BCUT2D eigenvalue weighted by Crippen LogP contribution is 2.30. The van der Waals surface area contributed by atoms with Crippen molar-refractivity contribution in [3.8, 4) is 0 Å². The van der Waals surface area contributed by atoms with E-state index in [0.717, 1.165) is 26.2 Å². The van der Waals surface area contributed by atoms with Gasteiger partial charge in [0.25, 0.3) is 0 Å². The Morgan fingerprint density at radius 2 is 2.28 bits per heavy atom. The fourth-order valence-electron chi connectivity index (χ4n) is 1.59. The zero-order chi connectivity index (χ0) is 13.1. The molecular weight excluding hydrogens is 282 g/mol. The Labute approximate surface area is 120 Å². The summed E-state index contributed by atoms with van der Waals surface area (Å²) in [5, 5.41) is 4.13. The van der Waals surface area contributed by atoms with Gasteiger partial charge in [0.05, 0.1) is 5.69 Å². The maximum absolute atomic E-state index is 5.81. The number of aromatic nitrogens is 1. The summed E-state index contributed by atoms with van der Waals surface area (Å²) in [7, 11) is 0. The number of hydrogen-bond donors (Lipinski definition) is 2. The van der Waals surface area contributed by atoms with Crippen LogP contribution in [0.15, 0.2) is 29.3 Å². The summed E-state index contributed by atoms with van der Waals surface area (Å²) < 4.78 is 0. The van der Waals surface area contributed by atoms with E-state index < -0.39 is 0 Å². The molecule has 0 aliphatic rings. The first-order valence-corrected chi connectivity index (χ1v) is 7.73. The topological polar surface area (TPSA) is 50.9 Å². The molecule has 0 bridgehead atoms. The smallest absolute Gasteiger partial charge is 0.187 e. The Balaban J connectivity index is 2.41. The van der Waals surface area contributed by atoms with Gasteiger partial charge in [0.15, 0.2) is 5.13 Å². The number of nitrogens with two attached hydrogens (primary N) is 1. The number of thiazole rings is 1. The molecule has 0 unspecified atom stereocenters. The number of thioether (sulfide) groups is 1. The van der Waals surface area contributed by atoms with Gasteiger partial charge in [0.1, 0.15) is 4.99 Å². The molecule has 0 aliphatic heterocycles. The molecule has 0 saturated carbocycles. The molecule has 18 heavy (non-hydrogen) atoms. The maximum Gasteiger partial charge on any atom is 0.187 e. The van der Waals surface area contributed by atoms with Gasteiger partial charge >= 0.3 is 0 Å². The largest absolute Gasteiger partial charge is 0.389 e. The third-order valence-electron chi connectivity index (χ3n) is 2.36. The van der Waals surface area contributed by atoms with E-state index in [1.807, 2.05) is 37.6 Å². The molecule has 1 heterocycles. The van der Waals surface area contributed by atoms with Crippen LogP contribution < -0.4 is 11.1 Å². The quantitative estimate of drug-likeness (QED) is 0.667. The molecule has 0 spiro atoms. The van der Waals surface area contributed by atoms with Crippen LogP contribution in [0.4, 0.5) is 10.8 Å². The molecule has 0 saturated heterocycles. The number of rotatable bonds is 4. The van der Waals surface area contributed by atoms with Gasteiger partial charge in [0.2, 0.25) is 0 Å². The molecule has 0 fully saturated rings. The van der Waals surface area contributed by atoms with Gasteiger partial charge in [-0.2, -0.15) is 0 Å². The van der Waals surface area contributed by atoms with Crippen molar-refractivity contribution in [2.45, 2.75) is 11.8 Å². The van der Waals surface area contributed by atoms with Crippen molar-refractivity contribution in [2.24, 2.45) is 5.73 Å². The van der Waals surface area contributed by atoms with Crippen molar-refractivity contribution < 1.29 is 0 Å². The van der Waals surface area contributed by atoms with Gasteiger partial charge in [-0.05, 0) is 25.3 Å². The Hall–Kier alpha value is -1.11. The highest BCUT2D eigenvalue weighted by molar-refractivity contribution is 7.98. The second kappa shape index (κ2) is 5.69. The first-order valence-electron chi connectivity index (χ1n) is 5.28. The zero-order valence-corrected chi connectivity index (χ0v) is 12.5. The van der Waals surface area contributed by atoms with Gasteiger partial charge in [-0.15, -0.1) is 23.1 Å². The molecule has 0 radical (unpaired) electrons. The maximum atomic E-state index is 5.81. The van der Waals surface area contributed by atoms with Crippen LogP contribution in [0.5, 0.6) is 0 Å². The minimum absolute atomic E-state index is 0.399. The molecule has 0 atom stereocenters. The van der Waals surface area contributed by atoms with Crippen molar-refractivity contribution in [1.82, 2.24) is 4.98 Å². The first kappa shape index (κ1) is 13.3. The van der Waals surface area contributed by atoms with Gasteiger partial charge in [-0.1, -0.05) is 18.3 Å². The van der Waals surface area contributed by atoms with Crippen molar-refractivity contribution >= 4 is 51.1 Å². The molecule has 3 nitrogen and oxygen atoms in total. The van der Waals surface area contributed by atoms with Crippen molar-refractivity contribution in [2.75, 3.05) is 11.6 Å². The predicted molar refractivity (Wildman–Crippen MR) is 84.2 cm³/mol. The first-order chi connectivity index (χ1) is 8.61. The fourth-order valence-corrected chi connectivity index (χ4v) is 3.19. The average molecular weight is 295 g/mol. The molecule has 94 valence electrons. The molecule has 2 rings (SSSR count). The van der Waals surface area contributed by atoms with E-state index in [9.17, 15) is 0 Å². The molecule has 6 heteroatoms. The Kier molecular flexibility index (Phi) is 4.21. The number of aryl methyl sites for hydroxylation is 1. The molecule has 0 amide bonds. The number of thiocarbonyl (C=S) groups is 1. The second-order valence-corrected chi connectivity index (χ2v) is 6.17. The lowest BCUT2D eigenvalue weighted by Gasteiger charge is -2.12. The minimum atomic E-state index is 0.399. The van der Waals surface area contributed by atoms with E-state index in [0.29, 0.717) is 4.99 Å². The molecule has 2 aromatic rings. The van der Waals surface area contributed by atoms with Crippen LogP contribution in [-0.4, -0.2) is 16.2 Å². The van der Waals surface area contributed by atoms with Crippen LogP contribution >= 0.6 is 35.3 Å². The van der Waals surface area contributed by atoms with Crippen molar-refractivity contribution in [3.63, 3.8) is 0 Å². The fraction of sp³-hybridized carbons (Fsp3) is 0.167. The zero-order valence-electron chi connectivity index (χ0n) is 10.1. The van der Waals surface area contributed by atoms with E-state index >= 15 is 0 Å². The summed E-state index contributed by atoms with van der Waals surface area (Å²) >= 11 is 8.36. The van der Waals surface area contributed by atoms with E-state index in [1.54, 1.807) is 23.1 Å². The van der Waals surface area contributed by atoms with Crippen LogP contribution in [-0.2, 0) is 0 Å². The molecule has 1 aromatic heterocycles. The van der Waals surface area contributed by atoms with Gasteiger partial charge in [0, 0.05) is 21.5 Å². The summed E-state index contributed by atoms with van der Waals surface area (Å²) in [6.07, 6.45) is 3.85. The van der Waals surface area contributed by atoms with Gasteiger partial charge in [-0.25, -0.2) is 4.98 Å². The minimum Gasteiger partial charge on any atom is -0.389 e. The number of anilines is 2. The van der Waals surface area contributed by atoms with E-state index in [1.165, 1.54) is 0 Å². The number of nitrogens with one attached hydrogen (secondary N) is 1. The highest BCUT2D eigenvalue weighted by atomic mass is 32.2. The third kappa shape index (κ3) is 2.82. The number of nitrogens with zero attached hydrogens (tertiary/aromatic N) is 1. The lowest BCUT2D eigenvalue weighted by Crippen LogP contribution is -2.13. The average Bonchev–Trinajstić information content (AvgIpc) is 2.74. The van der Waals surface area contributed by atoms with Crippen molar-refractivity contribution in [1.29, 1.82) is 0 Å². The SMILES string of the molecule is CSc1cccc(Nc2ncc(C)s2)c1C(N)=S. The summed E-state index contributed by atoms with van der Waals surface area (Å²) in [5.74, 6) is 0. The number of benzene rings is 1. The van der Waals surface area contributed by atoms with Crippen LogP contribution in [0.2, 0.25) is 0 Å². The lowest BCUT2D eigenvalue weighted by atomic mass is 10.2. The summed E-state index contributed by atoms with van der Waals surface area (Å²) in [5.41, 5.74) is 7.60. The number of hydrogen-bond acceptors (Lipinski definition) is 5.